The SMILES string of the molecule is COc1ccc(C(Cl)c2cc(Cl)ccc2F)cc1Cl. The number of halogens is 4. The highest BCUT2D eigenvalue weighted by molar-refractivity contribution is 6.32. The second-order valence-electron chi connectivity index (χ2n) is 3.92. The standard InChI is InChI=1S/C14H10Cl3FO/c1-19-13-5-2-8(6-11(13)16)14(17)10-7-9(15)3-4-12(10)18/h2-7,14H,1H3. The van der Waals surface area contributed by atoms with Crippen molar-refractivity contribution < 1.29 is 9.13 Å². The lowest BCUT2D eigenvalue weighted by Gasteiger charge is -2.13. The van der Waals surface area contributed by atoms with Gasteiger partial charge < -0.3 is 4.74 Å². The van der Waals surface area contributed by atoms with E-state index >= 15 is 0 Å². The number of methoxy groups -OCH3 is 1. The number of rotatable bonds is 3. The summed E-state index contributed by atoms with van der Waals surface area (Å²) in [4.78, 5) is 0. The first-order chi connectivity index (χ1) is 9.02. The third kappa shape index (κ3) is 3.14. The van der Waals surface area contributed by atoms with Crippen molar-refractivity contribution in [3.63, 3.8) is 0 Å². The number of ether oxygens (including phenoxy) is 1. The zero-order valence-electron chi connectivity index (χ0n) is 9.96. The van der Waals surface area contributed by atoms with Crippen LogP contribution in [-0.2, 0) is 0 Å². The summed E-state index contributed by atoms with van der Waals surface area (Å²) in [7, 11) is 1.52. The Hall–Kier alpha value is -0.960. The molecule has 0 N–H and O–H groups in total. The van der Waals surface area contributed by atoms with Crippen molar-refractivity contribution in [1.29, 1.82) is 0 Å². The summed E-state index contributed by atoms with van der Waals surface area (Å²) >= 11 is 18.2. The molecule has 0 saturated heterocycles. The van der Waals surface area contributed by atoms with E-state index in [2.05, 4.69) is 0 Å². The van der Waals surface area contributed by atoms with Gasteiger partial charge >= 0.3 is 0 Å². The normalized spacial score (nSPS) is 12.3. The van der Waals surface area contributed by atoms with Crippen LogP contribution in [0.4, 0.5) is 4.39 Å². The maximum atomic E-state index is 13.8. The van der Waals surface area contributed by atoms with Crippen LogP contribution in [0.5, 0.6) is 5.75 Å². The van der Waals surface area contributed by atoms with Crippen molar-refractivity contribution >= 4 is 34.8 Å². The Kier molecular flexibility index (Phi) is 4.56. The van der Waals surface area contributed by atoms with Gasteiger partial charge in [0.25, 0.3) is 0 Å². The van der Waals surface area contributed by atoms with Gasteiger partial charge in [-0.1, -0.05) is 29.3 Å². The molecular formula is C14H10Cl3FO. The van der Waals surface area contributed by atoms with Crippen LogP contribution in [0.25, 0.3) is 0 Å². The number of hydrogen-bond donors (Lipinski definition) is 0. The predicted octanol–water partition coefficient (Wildman–Crippen LogP) is 5.47. The zero-order valence-corrected chi connectivity index (χ0v) is 12.2. The fraction of sp³-hybridized carbons (Fsp3) is 0.143. The molecule has 0 heterocycles. The molecule has 0 radical (unpaired) electrons. The first kappa shape index (κ1) is 14.4. The summed E-state index contributed by atoms with van der Waals surface area (Å²) in [5, 5.41) is 0.192. The molecule has 0 aliphatic heterocycles. The Labute approximate surface area is 125 Å². The van der Waals surface area contributed by atoms with E-state index in [0.29, 0.717) is 26.9 Å². The Morgan fingerprint density at radius 1 is 1.11 bits per heavy atom. The lowest BCUT2D eigenvalue weighted by molar-refractivity contribution is 0.415. The molecule has 0 amide bonds. The summed E-state index contributed by atoms with van der Waals surface area (Å²) in [6.07, 6.45) is 0. The van der Waals surface area contributed by atoms with Gasteiger partial charge in [0.1, 0.15) is 11.6 Å². The van der Waals surface area contributed by atoms with Crippen molar-refractivity contribution in [2.75, 3.05) is 7.11 Å². The average Bonchev–Trinajstić information content (AvgIpc) is 2.40. The summed E-state index contributed by atoms with van der Waals surface area (Å²) in [6, 6.07) is 9.35. The second-order valence-corrected chi connectivity index (χ2v) is 5.20. The first-order valence-electron chi connectivity index (χ1n) is 5.45. The fourth-order valence-electron chi connectivity index (χ4n) is 1.73. The van der Waals surface area contributed by atoms with Crippen molar-refractivity contribution in [3.05, 3.63) is 63.4 Å². The number of benzene rings is 2. The third-order valence-electron chi connectivity index (χ3n) is 2.70. The Bertz CT molecular complexity index is 601. The molecule has 5 heteroatoms. The molecule has 0 aromatic heterocycles. The third-order valence-corrected chi connectivity index (χ3v) is 3.72. The first-order valence-corrected chi connectivity index (χ1v) is 6.64. The lowest BCUT2D eigenvalue weighted by Crippen LogP contribution is -1.97. The van der Waals surface area contributed by atoms with Gasteiger partial charge in [0.15, 0.2) is 0 Å². The minimum Gasteiger partial charge on any atom is -0.495 e. The van der Waals surface area contributed by atoms with E-state index in [9.17, 15) is 4.39 Å². The van der Waals surface area contributed by atoms with Gasteiger partial charge in [-0.15, -0.1) is 11.6 Å². The molecule has 0 saturated carbocycles. The summed E-state index contributed by atoms with van der Waals surface area (Å²) < 4.78 is 18.8. The van der Waals surface area contributed by atoms with Crippen molar-refractivity contribution in [3.8, 4) is 5.75 Å². The summed E-state index contributed by atoms with van der Waals surface area (Å²) in [6.45, 7) is 0. The van der Waals surface area contributed by atoms with E-state index in [1.54, 1.807) is 18.2 Å². The maximum Gasteiger partial charge on any atom is 0.137 e. The molecule has 0 spiro atoms. The van der Waals surface area contributed by atoms with Crippen LogP contribution in [0.1, 0.15) is 16.5 Å². The lowest BCUT2D eigenvalue weighted by atomic mass is 10.0. The molecule has 2 aromatic carbocycles. The Morgan fingerprint density at radius 3 is 2.47 bits per heavy atom. The van der Waals surface area contributed by atoms with E-state index in [0.717, 1.165) is 0 Å². The number of hydrogen-bond acceptors (Lipinski definition) is 1. The smallest absolute Gasteiger partial charge is 0.137 e. The molecule has 2 aromatic rings. The highest BCUT2D eigenvalue weighted by Gasteiger charge is 2.17. The minimum absolute atomic E-state index is 0.315. The van der Waals surface area contributed by atoms with Crippen molar-refractivity contribution in [2.45, 2.75) is 5.38 Å². The van der Waals surface area contributed by atoms with E-state index in [1.807, 2.05) is 0 Å². The molecular weight excluding hydrogens is 310 g/mol. The van der Waals surface area contributed by atoms with Crippen LogP contribution in [0.15, 0.2) is 36.4 Å². The van der Waals surface area contributed by atoms with Gasteiger partial charge in [-0.25, -0.2) is 4.39 Å². The average molecular weight is 320 g/mol. The highest BCUT2D eigenvalue weighted by Crippen LogP contribution is 2.35. The predicted molar refractivity (Wildman–Crippen MR) is 77.1 cm³/mol. The zero-order chi connectivity index (χ0) is 14.0. The second kappa shape index (κ2) is 6.00. The maximum absolute atomic E-state index is 13.8. The van der Waals surface area contributed by atoms with Gasteiger partial charge in [-0.2, -0.15) is 0 Å². The monoisotopic (exact) mass is 318 g/mol. The van der Waals surface area contributed by atoms with Gasteiger partial charge in [-0.3, -0.25) is 0 Å². The molecule has 1 atom stereocenters. The minimum atomic E-state index is -0.665. The molecule has 19 heavy (non-hydrogen) atoms. The molecule has 0 bridgehead atoms. The van der Waals surface area contributed by atoms with E-state index in [4.69, 9.17) is 39.5 Å². The number of alkyl halides is 1. The van der Waals surface area contributed by atoms with Crippen LogP contribution < -0.4 is 4.74 Å². The molecule has 0 aliphatic carbocycles. The van der Waals surface area contributed by atoms with Crippen LogP contribution in [0.3, 0.4) is 0 Å². The highest BCUT2D eigenvalue weighted by atomic mass is 35.5. The van der Waals surface area contributed by atoms with Crippen LogP contribution in [0.2, 0.25) is 10.0 Å². The Balaban J connectivity index is 2.41. The molecule has 2 rings (SSSR count). The van der Waals surface area contributed by atoms with Crippen LogP contribution in [0, 0.1) is 5.82 Å². The van der Waals surface area contributed by atoms with Gasteiger partial charge in [-0.05, 0) is 35.9 Å². The fourth-order valence-corrected chi connectivity index (χ4v) is 2.48. The largest absolute Gasteiger partial charge is 0.495 e. The van der Waals surface area contributed by atoms with Gasteiger partial charge in [0, 0.05) is 10.6 Å². The van der Waals surface area contributed by atoms with Crippen molar-refractivity contribution in [1.82, 2.24) is 0 Å². The molecule has 1 unspecified atom stereocenters. The van der Waals surface area contributed by atoms with Gasteiger partial charge in [0.2, 0.25) is 0 Å². The Morgan fingerprint density at radius 2 is 1.84 bits per heavy atom. The summed E-state index contributed by atoms with van der Waals surface area (Å²) in [5.41, 5.74) is 0.990. The van der Waals surface area contributed by atoms with Crippen molar-refractivity contribution in [2.24, 2.45) is 0 Å². The molecule has 0 aliphatic rings. The van der Waals surface area contributed by atoms with Crippen LogP contribution in [-0.4, -0.2) is 7.11 Å². The quantitative estimate of drug-likeness (QED) is 0.682. The van der Waals surface area contributed by atoms with E-state index in [1.165, 1.54) is 25.3 Å². The topological polar surface area (TPSA) is 9.23 Å². The van der Waals surface area contributed by atoms with E-state index in [-0.39, 0.29) is 0 Å². The summed E-state index contributed by atoms with van der Waals surface area (Å²) in [5.74, 6) is 0.136. The molecule has 0 fully saturated rings. The molecule has 1 nitrogen and oxygen atoms in total. The van der Waals surface area contributed by atoms with Crippen LogP contribution >= 0.6 is 34.8 Å². The van der Waals surface area contributed by atoms with Gasteiger partial charge in [0.05, 0.1) is 17.5 Å². The molecule has 100 valence electrons. The van der Waals surface area contributed by atoms with E-state index < -0.39 is 11.2 Å².